The van der Waals surface area contributed by atoms with Crippen LogP contribution in [0.5, 0.6) is 0 Å². The van der Waals surface area contributed by atoms with Gasteiger partial charge in [0.2, 0.25) is 0 Å². The van der Waals surface area contributed by atoms with Crippen molar-refractivity contribution in [3.8, 4) is 0 Å². The van der Waals surface area contributed by atoms with Crippen molar-refractivity contribution in [3.05, 3.63) is 0 Å². The first-order valence-corrected chi connectivity index (χ1v) is 4.85. The zero-order valence-corrected chi connectivity index (χ0v) is 10.3. The lowest BCUT2D eigenvalue weighted by molar-refractivity contribution is 0.0497. The molecular formula is C9H17ClN2O3. The van der Waals surface area contributed by atoms with E-state index >= 15 is 0 Å². The molecule has 0 aliphatic carbocycles. The van der Waals surface area contributed by atoms with Crippen molar-refractivity contribution < 1.29 is 14.7 Å². The van der Waals surface area contributed by atoms with Crippen LogP contribution in [-0.4, -0.2) is 27.6 Å². The van der Waals surface area contributed by atoms with Crippen LogP contribution < -0.4 is 5.32 Å². The summed E-state index contributed by atoms with van der Waals surface area (Å²) in [6.07, 6.45) is -0.616. The predicted molar refractivity (Wildman–Crippen MR) is 58.5 cm³/mol. The molecule has 0 saturated carbocycles. The van der Waals surface area contributed by atoms with Crippen molar-refractivity contribution in [1.29, 1.82) is 0 Å². The Morgan fingerprint density at radius 3 is 2.13 bits per heavy atom. The average molecular weight is 237 g/mol. The zero-order chi connectivity index (χ0) is 12.3. The number of hydrogen-bond acceptors (Lipinski definition) is 4. The SMILES string of the molecule is CC(C)(C)OC(=O)NC(C)(C)/C(Cl)=N\O. The van der Waals surface area contributed by atoms with Gasteiger partial charge in [-0.1, -0.05) is 16.8 Å². The van der Waals surface area contributed by atoms with Gasteiger partial charge in [0.05, 0.1) is 5.54 Å². The van der Waals surface area contributed by atoms with Gasteiger partial charge in [0.1, 0.15) is 5.60 Å². The van der Waals surface area contributed by atoms with Crippen molar-refractivity contribution in [1.82, 2.24) is 5.32 Å². The maximum absolute atomic E-state index is 11.4. The van der Waals surface area contributed by atoms with Crippen LogP contribution in [0, 0.1) is 0 Å². The second-order valence-electron chi connectivity index (χ2n) is 4.64. The number of nitrogens with zero attached hydrogens (tertiary/aromatic N) is 1. The Bertz CT molecular complexity index is 269. The van der Waals surface area contributed by atoms with Gasteiger partial charge >= 0.3 is 6.09 Å². The minimum absolute atomic E-state index is 0.117. The van der Waals surface area contributed by atoms with Gasteiger partial charge in [-0.2, -0.15) is 0 Å². The molecule has 0 aliphatic rings. The molecule has 6 heteroatoms. The molecule has 0 bridgehead atoms. The molecule has 15 heavy (non-hydrogen) atoms. The van der Waals surface area contributed by atoms with Gasteiger partial charge in [0, 0.05) is 0 Å². The summed E-state index contributed by atoms with van der Waals surface area (Å²) in [4.78, 5) is 11.4. The first-order chi connectivity index (χ1) is 6.58. The number of hydrogen-bond donors (Lipinski definition) is 2. The number of rotatable bonds is 2. The first kappa shape index (κ1) is 14.0. The van der Waals surface area contributed by atoms with Crippen LogP contribution in [0.25, 0.3) is 0 Å². The van der Waals surface area contributed by atoms with Crippen LogP contribution in [0.4, 0.5) is 4.79 Å². The van der Waals surface area contributed by atoms with E-state index in [1.54, 1.807) is 34.6 Å². The molecule has 0 radical (unpaired) electrons. The lowest BCUT2D eigenvalue weighted by atomic mass is 10.1. The smallest absolute Gasteiger partial charge is 0.408 e. The summed E-state index contributed by atoms with van der Waals surface area (Å²) in [5, 5.41) is 13.7. The largest absolute Gasteiger partial charge is 0.444 e. The van der Waals surface area contributed by atoms with E-state index in [0.29, 0.717) is 0 Å². The highest BCUT2D eigenvalue weighted by molar-refractivity contribution is 6.67. The number of carbonyl (C=O) groups is 1. The van der Waals surface area contributed by atoms with Gasteiger partial charge in [-0.25, -0.2) is 4.79 Å². The molecule has 0 aromatic carbocycles. The zero-order valence-electron chi connectivity index (χ0n) is 9.59. The molecule has 1 amide bonds. The van der Waals surface area contributed by atoms with Crippen LogP contribution in [0.15, 0.2) is 5.16 Å². The maximum Gasteiger partial charge on any atom is 0.408 e. The van der Waals surface area contributed by atoms with Crippen LogP contribution in [0.1, 0.15) is 34.6 Å². The van der Waals surface area contributed by atoms with Crippen LogP contribution in [0.2, 0.25) is 0 Å². The Hall–Kier alpha value is -0.970. The molecule has 88 valence electrons. The van der Waals surface area contributed by atoms with E-state index in [2.05, 4.69) is 10.5 Å². The Morgan fingerprint density at radius 2 is 1.80 bits per heavy atom. The Morgan fingerprint density at radius 1 is 1.33 bits per heavy atom. The van der Waals surface area contributed by atoms with Crippen molar-refractivity contribution in [3.63, 3.8) is 0 Å². The molecule has 0 aliphatic heterocycles. The van der Waals surface area contributed by atoms with Crippen molar-refractivity contribution in [2.75, 3.05) is 0 Å². The highest BCUT2D eigenvalue weighted by atomic mass is 35.5. The average Bonchev–Trinajstić information content (AvgIpc) is 1.97. The third kappa shape index (κ3) is 5.47. The molecule has 0 fully saturated rings. The minimum Gasteiger partial charge on any atom is -0.444 e. The molecule has 0 spiro atoms. The van der Waals surface area contributed by atoms with Crippen molar-refractivity contribution >= 4 is 22.9 Å². The molecule has 0 aromatic heterocycles. The van der Waals surface area contributed by atoms with Gasteiger partial charge < -0.3 is 15.3 Å². The molecule has 0 rings (SSSR count). The lowest BCUT2D eigenvalue weighted by Gasteiger charge is -2.26. The quantitative estimate of drug-likeness (QED) is 0.439. The molecule has 5 nitrogen and oxygen atoms in total. The van der Waals surface area contributed by atoms with Crippen LogP contribution in [-0.2, 0) is 4.74 Å². The third-order valence-electron chi connectivity index (χ3n) is 1.42. The van der Waals surface area contributed by atoms with Gasteiger partial charge in [-0.15, -0.1) is 0 Å². The topological polar surface area (TPSA) is 70.9 Å². The highest BCUT2D eigenvalue weighted by Gasteiger charge is 2.29. The Kier molecular flexibility index (Phi) is 4.40. The van der Waals surface area contributed by atoms with E-state index in [-0.39, 0.29) is 5.17 Å². The maximum atomic E-state index is 11.4. The summed E-state index contributed by atoms with van der Waals surface area (Å²) in [5.41, 5.74) is -1.54. The number of halogens is 1. The fourth-order valence-corrected chi connectivity index (χ4v) is 0.783. The van der Waals surface area contributed by atoms with E-state index in [0.717, 1.165) is 0 Å². The fraction of sp³-hybridized carbons (Fsp3) is 0.778. The molecule has 0 aromatic rings. The normalized spacial score (nSPS) is 13.6. The number of oxime groups is 1. The number of amides is 1. The lowest BCUT2D eigenvalue weighted by Crippen LogP contribution is -2.49. The van der Waals surface area contributed by atoms with Crippen LogP contribution in [0.3, 0.4) is 0 Å². The van der Waals surface area contributed by atoms with E-state index in [4.69, 9.17) is 21.5 Å². The number of nitrogens with one attached hydrogen (secondary N) is 1. The minimum atomic E-state index is -0.960. The fourth-order valence-electron chi connectivity index (χ4n) is 0.735. The van der Waals surface area contributed by atoms with Crippen LogP contribution >= 0.6 is 11.6 Å². The summed E-state index contributed by atoms with van der Waals surface area (Å²) in [7, 11) is 0. The molecule has 0 saturated heterocycles. The predicted octanol–water partition coefficient (Wildman–Crippen LogP) is 2.32. The van der Waals surface area contributed by atoms with Gasteiger partial charge in [-0.3, -0.25) is 0 Å². The molecule has 0 heterocycles. The number of alkyl carbamates (subject to hydrolysis) is 1. The van der Waals surface area contributed by atoms with E-state index in [1.807, 2.05) is 0 Å². The highest BCUT2D eigenvalue weighted by Crippen LogP contribution is 2.12. The molecule has 2 N–H and O–H groups in total. The second-order valence-corrected chi connectivity index (χ2v) is 5.00. The standard InChI is InChI=1S/C9H17ClN2O3/c1-8(2,3)15-7(13)11-9(4,5)6(10)12-14/h14H,1-5H3,(H,11,13)/b12-6+. The van der Waals surface area contributed by atoms with Gasteiger partial charge in [-0.05, 0) is 34.6 Å². The number of carbonyl (C=O) groups excluding carboxylic acids is 1. The molecule has 0 unspecified atom stereocenters. The summed E-state index contributed by atoms with van der Waals surface area (Å²) in [6.45, 7) is 8.45. The van der Waals surface area contributed by atoms with Crippen molar-refractivity contribution in [2.45, 2.75) is 45.8 Å². The van der Waals surface area contributed by atoms with Crippen molar-refractivity contribution in [2.24, 2.45) is 5.16 Å². The van der Waals surface area contributed by atoms with E-state index < -0.39 is 17.2 Å². The second kappa shape index (κ2) is 4.70. The Balaban J connectivity index is 4.42. The third-order valence-corrected chi connectivity index (χ3v) is 1.97. The summed E-state index contributed by atoms with van der Waals surface area (Å²) >= 11 is 5.60. The van der Waals surface area contributed by atoms with Gasteiger partial charge in [0.25, 0.3) is 0 Å². The number of ether oxygens (including phenoxy) is 1. The summed E-state index contributed by atoms with van der Waals surface area (Å²) in [5.74, 6) is 0. The summed E-state index contributed by atoms with van der Waals surface area (Å²) < 4.78 is 5.02. The summed E-state index contributed by atoms with van der Waals surface area (Å²) in [6, 6.07) is 0. The van der Waals surface area contributed by atoms with E-state index in [1.165, 1.54) is 0 Å². The Labute approximate surface area is 94.4 Å². The van der Waals surface area contributed by atoms with E-state index in [9.17, 15) is 4.79 Å². The monoisotopic (exact) mass is 236 g/mol. The first-order valence-electron chi connectivity index (χ1n) is 4.47. The van der Waals surface area contributed by atoms with Gasteiger partial charge in [0.15, 0.2) is 5.17 Å². The molecule has 0 atom stereocenters. The molecular weight excluding hydrogens is 220 g/mol.